The molecule has 4 rings (SSSR count). The summed E-state index contributed by atoms with van der Waals surface area (Å²) in [4.78, 5) is 49.5. The predicted octanol–water partition coefficient (Wildman–Crippen LogP) is 5.23. The van der Waals surface area contributed by atoms with E-state index in [0.717, 1.165) is 19.3 Å². The molecule has 46 heavy (non-hydrogen) atoms. The fourth-order valence-electron chi connectivity index (χ4n) is 8.19. The molecule has 8 atom stereocenters. The average molecular weight is 638 g/mol. The van der Waals surface area contributed by atoms with Crippen molar-refractivity contribution in [2.75, 3.05) is 37.7 Å². The Kier molecular flexibility index (Phi) is 11.4. The maximum absolute atomic E-state index is 14.9. The molecule has 9 nitrogen and oxygen atoms in total. The van der Waals surface area contributed by atoms with Gasteiger partial charge in [-0.2, -0.15) is 0 Å². The Morgan fingerprint density at radius 1 is 1.13 bits per heavy atom. The molecule has 1 spiro atoms. The van der Waals surface area contributed by atoms with Crippen molar-refractivity contribution in [3.8, 4) is 5.75 Å². The zero-order valence-electron chi connectivity index (χ0n) is 28.7. The molecule has 254 valence electrons. The lowest BCUT2D eigenvalue weighted by molar-refractivity contribution is -0.156. The quantitative estimate of drug-likeness (QED) is 0.186. The molecule has 0 aliphatic carbocycles. The highest BCUT2D eigenvalue weighted by atomic mass is 16.5. The van der Waals surface area contributed by atoms with Gasteiger partial charge in [-0.25, -0.2) is 0 Å². The van der Waals surface area contributed by atoms with Crippen LogP contribution in [0, 0.1) is 23.7 Å². The first-order chi connectivity index (χ1) is 22.0. The van der Waals surface area contributed by atoms with E-state index < -0.39 is 35.1 Å². The molecular weight excluding hydrogens is 582 g/mol. The highest BCUT2D eigenvalue weighted by Gasteiger charge is 2.80. The lowest BCUT2D eigenvalue weighted by Gasteiger charge is -2.41. The van der Waals surface area contributed by atoms with E-state index in [1.807, 2.05) is 52.0 Å². The van der Waals surface area contributed by atoms with E-state index in [-0.39, 0.29) is 42.7 Å². The van der Waals surface area contributed by atoms with Crippen LogP contribution in [0.1, 0.15) is 73.6 Å². The van der Waals surface area contributed by atoms with Crippen molar-refractivity contribution in [3.05, 3.63) is 49.6 Å². The first-order valence-corrected chi connectivity index (χ1v) is 17.2. The number of carbonyl (C=O) groups excluding carboxylic acids is 3. The molecule has 3 amide bonds. The number of ether oxygens (including phenoxy) is 2. The van der Waals surface area contributed by atoms with Crippen molar-refractivity contribution in [1.29, 1.82) is 0 Å². The third kappa shape index (κ3) is 6.01. The first-order valence-electron chi connectivity index (χ1n) is 17.2. The van der Waals surface area contributed by atoms with Crippen molar-refractivity contribution in [2.24, 2.45) is 23.7 Å². The Morgan fingerprint density at radius 3 is 2.37 bits per heavy atom. The maximum atomic E-state index is 14.9. The topological polar surface area (TPSA) is 99.6 Å². The average Bonchev–Trinajstić information content (AvgIpc) is 3.56. The van der Waals surface area contributed by atoms with Crippen molar-refractivity contribution in [1.82, 2.24) is 9.80 Å². The molecular formula is C37H55N3O6. The Morgan fingerprint density at radius 2 is 1.80 bits per heavy atom. The van der Waals surface area contributed by atoms with E-state index in [9.17, 15) is 19.5 Å². The summed E-state index contributed by atoms with van der Waals surface area (Å²) in [6.45, 7) is 21.2. The van der Waals surface area contributed by atoms with Crippen LogP contribution >= 0.6 is 0 Å². The second kappa shape index (κ2) is 14.7. The number of fused-ring (bicyclic) bond motifs is 1. The predicted molar refractivity (Wildman–Crippen MR) is 180 cm³/mol. The smallest absolute Gasteiger partial charge is 0.248 e. The van der Waals surface area contributed by atoms with Crippen LogP contribution in [-0.2, 0) is 19.1 Å². The molecule has 9 heteroatoms. The lowest BCUT2D eigenvalue weighted by Crippen LogP contribution is -2.60. The van der Waals surface area contributed by atoms with Crippen LogP contribution in [-0.4, -0.2) is 88.8 Å². The standard InChI is InChI=1S/C37H55N3O6/c1-9-14-15-22-38(20-10-2)35(44)32-37-23-26(7)36(8,46-37)30(31(37)34(43)40(32)29(24-41)25(6)12-4)33(42)39(21-11-3)27-16-18-28(19-17-27)45-13-5/h10-11,16-19,25-26,29-32,41H,2-3,9,12-15,20-24H2,1,4-8H3/t25-,26?,29-,30-,31-,32?,36+,37?/m0/s1. The number of hydrogen-bond acceptors (Lipinski definition) is 6. The summed E-state index contributed by atoms with van der Waals surface area (Å²) in [7, 11) is 0. The van der Waals surface area contributed by atoms with E-state index >= 15 is 0 Å². The van der Waals surface area contributed by atoms with Gasteiger partial charge < -0.3 is 29.3 Å². The molecule has 1 aromatic carbocycles. The fourth-order valence-corrected chi connectivity index (χ4v) is 8.19. The van der Waals surface area contributed by atoms with Crippen LogP contribution in [0.3, 0.4) is 0 Å². The second-order valence-corrected chi connectivity index (χ2v) is 13.5. The zero-order valence-corrected chi connectivity index (χ0v) is 28.7. The van der Waals surface area contributed by atoms with Crippen LogP contribution in [0.25, 0.3) is 0 Å². The van der Waals surface area contributed by atoms with E-state index in [1.54, 1.807) is 26.9 Å². The van der Waals surface area contributed by atoms with Crippen molar-refractivity contribution >= 4 is 23.4 Å². The van der Waals surface area contributed by atoms with Crippen molar-refractivity contribution in [3.63, 3.8) is 0 Å². The molecule has 2 bridgehead atoms. The summed E-state index contributed by atoms with van der Waals surface area (Å²) in [5.74, 6) is -1.91. The summed E-state index contributed by atoms with van der Waals surface area (Å²) in [5, 5.41) is 10.7. The number of benzene rings is 1. The van der Waals surface area contributed by atoms with Gasteiger partial charge in [-0.1, -0.05) is 59.1 Å². The van der Waals surface area contributed by atoms with Crippen molar-refractivity contribution in [2.45, 2.75) is 96.9 Å². The number of carbonyl (C=O) groups is 3. The molecule has 3 saturated heterocycles. The molecule has 0 saturated carbocycles. The minimum Gasteiger partial charge on any atom is -0.494 e. The van der Waals surface area contributed by atoms with Crippen LogP contribution < -0.4 is 9.64 Å². The summed E-state index contributed by atoms with van der Waals surface area (Å²) in [5.41, 5.74) is -1.51. The van der Waals surface area contributed by atoms with E-state index in [1.165, 1.54) is 0 Å². The van der Waals surface area contributed by atoms with E-state index in [0.29, 0.717) is 44.0 Å². The normalized spacial score (nSPS) is 29.3. The fraction of sp³-hybridized carbons (Fsp3) is 0.649. The third-order valence-electron chi connectivity index (χ3n) is 10.8. The number of aliphatic hydroxyl groups is 1. The second-order valence-electron chi connectivity index (χ2n) is 13.5. The molecule has 3 unspecified atom stereocenters. The number of hydrogen-bond donors (Lipinski definition) is 1. The van der Waals surface area contributed by atoms with Gasteiger partial charge in [0.15, 0.2) is 0 Å². The largest absolute Gasteiger partial charge is 0.494 e. The number of aliphatic hydroxyl groups excluding tert-OH is 1. The van der Waals surface area contributed by atoms with Gasteiger partial charge in [0, 0.05) is 25.3 Å². The third-order valence-corrected chi connectivity index (χ3v) is 10.8. The molecule has 3 fully saturated rings. The van der Waals surface area contributed by atoms with Gasteiger partial charge in [0.25, 0.3) is 0 Å². The Balaban J connectivity index is 1.84. The minimum absolute atomic E-state index is 0.0760. The lowest BCUT2D eigenvalue weighted by atomic mass is 9.62. The molecule has 1 aromatic rings. The number of likely N-dealkylation sites (tertiary alicyclic amines) is 1. The summed E-state index contributed by atoms with van der Waals surface area (Å²) < 4.78 is 12.6. The van der Waals surface area contributed by atoms with Crippen molar-refractivity contribution < 1.29 is 29.0 Å². The molecule has 3 aliphatic heterocycles. The minimum atomic E-state index is -1.20. The van der Waals surface area contributed by atoms with Gasteiger partial charge in [0.05, 0.1) is 36.7 Å². The summed E-state index contributed by atoms with van der Waals surface area (Å²) in [6, 6.07) is 5.78. The van der Waals surface area contributed by atoms with Crippen LogP contribution in [0.4, 0.5) is 5.69 Å². The molecule has 3 aliphatic rings. The summed E-state index contributed by atoms with van der Waals surface area (Å²) in [6.07, 6.45) is 7.38. The number of amides is 3. The van der Waals surface area contributed by atoms with Gasteiger partial charge in [-0.15, -0.1) is 13.2 Å². The number of unbranched alkanes of at least 4 members (excludes halogenated alkanes) is 2. The van der Waals surface area contributed by atoms with E-state index in [4.69, 9.17) is 9.47 Å². The van der Waals surface area contributed by atoms with Crippen LogP contribution in [0.2, 0.25) is 0 Å². The Labute approximate surface area is 275 Å². The monoisotopic (exact) mass is 637 g/mol. The van der Waals surface area contributed by atoms with Gasteiger partial charge in [0.1, 0.15) is 17.4 Å². The molecule has 0 radical (unpaired) electrons. The van der Waals surface area contributed by atoms with Crippen LogP contribution in [0.15, 0.2) is 49.6 Å². The zero-order chi connectivity index (χ0) is 33.8. The van der Waals surface area contributed by atoms with E-state index in [2.05, 4.69) is 27.0 Å². The van der Waals surface area contributed by atoms with Gasteiger partial charge in [0.2, 0.25) is 17.7 Å². The SMILES string of the molecule is C=CCN(CCCCC)C(=O)C1N([C@@H](CO)[C@@H](C)CC)C(=O)[C@@H]2[C@@H](C(=O)N(CC=C)c3ccc(OCC)cc3)[C@]3(C)OC12CC3C. The van der Waals surface area contributed by atoms with Gasteiger partial charge >= 0.3 is 0 Å². The number of nitrogens with zero attached hydrogens (tertiary/aromatic N) is 3. The maximum Gasteiger partial charge on any atom is 0.248 e. The number of anilines is 1. The highest BCUT2D eigenvalue weighted by molar-refractivity contribution is 6.03. The van der Waals surface area contributed by atoms with Gasteiger partial charge in [-0.3, -0.25) is 14.4 Å². The Hall–Kier alpha value is -3.17. The summed E-state index contributed by atoms with van der Waals surface area (Å²) >= 11 is 0. The number of rotatable bonds is 17. The Bertz CT molecular complexity index is 1270. The van der Waals surface area contributed by atoms with Gasteiger partial charge in [-0.05, 0) is 62.8 Å². The molecule has 1 N–H and O–H groups in total. The first kappa shape index (κ1) is 35.7. The van der Waals surface area contributed by atoms with Crippen LogP contribution in [0.5, 0.6) is 5.75 Å². The molecule has 3 heterocycles. The highest BCUT2D eigenvalue weighted by Crippen LogP contribution is 2.66. The molecule has 0 aromatic heterocycles.